The number of carbonyl (C=O) groups is 3. The lowest BCUT2D eigenvalue weighted by Gasteiger charge is -2.30. The van der Waals surface area contributed by atoms with Crippen LogP contribution in [0.4, 0.5) is 17.1 Å². The number of benzene rings is 4. The summed E-state index contributed by atoms with van der Waals surface area (Å²) in [5.74, 6) is -3.83. The van der Waals surface area contributed by atoms with Gasteiger partial charge in [-0.25, -0.2) is 0 Å². The van der Waals surface area contributed by atoms with Crippen molar-refractivity contribution in [2.75, 3.05) is 24.4 Å². The van der Waals surface area contributed by atoms with Crippen LogP contribution < -0.4 is 20.1 Å². The maximum Gasteiger partial charge on any atom is 0.357 e. The fraction of sp³-hybridized carbons (Fsp3) is 0.357. The van der Waals surface area contributed by atoms with Gasteiger partial charge in [-0.1, -0.05) is 84.0 Å². The number of ether oxygens (including phenoxy) is 3. The molecule has 0 bridgehead atoms. The first-order valence-corrected chi connectivity index (χ1v) is 17.7. The van der Waals surface area contributed by atoms with Crippen molar-refractivity contribution in [2.24, 2.45) is 0 Å². The summed E-state index contributed by atoms with van der Waals surface area (Å²) in [4.78, 5) is 51.6. The molecule has 0 aromatic heterocycles. The molecule has 4 aromatic carbocycles. The highest BCUT2D eigenvalue weighted by Crippen LogP contribution is 2.38. The number of hydrogen-bond donors (Lipinski definition) is 2. The van der Waals surface area contributed by atoms with Crippen LogP contribution in [0.1, 0.15) is 88.7 Å². The van der Waals surface area contributed by atoms with Gasteiger partial charge in [-0.2, -0.15) is 0 Å². The molecule has 0 saturated carbocycles. The number of amides is 2. The van der Waals surface area contributed by atoms with Crippen LogP contribution in [-0.4, -0.2) is 42.0 Å². The number of rotatable bonds is 18. The number of carbonyl (C=O) groups excluding carboxylic acids is 3. The second-order valence-electron chi connectivity index (χ2n) is 14.1. The zero-order valence-corrected chi connectivity index (χ0v) is 31.5. The van der Waals surface area contributed by atoms with Gasteiger partial charge < -0.3 is 24.8 Å². The minimum absolute atomic E-state index is 0.0128. The van der Waals surface area contributed by atoms with Crippen molar-refractivity contribution < 1.29 is 33.5 Å². The SMILES string of the molecule is CCC(C)(C)c1ccc(OCCCC(=O)Nc2cccc(C(=O)C(OC)(Oc3ccc([N+](=O)[O-])cc3)C(=O)Nc3ccccc3)c2)c(C(C)(C)CC)c1. The van der Waals surface area contributed by atoms with Crippen molar-refractivity contribution in [3.63, 3.8) is 0 Å². The van der Waals surface area contributed by atoms with E-state index < -0.39 is 22.4 Å². The Kier molecular flexibility index (Phi) is 13.1. The fourth-order valence-electron chi connectivity index (χ4n) is 5.53. The van der Waals surface area contributed by atoms with Crippen molar-refractivity contribution in [3.05, 3.63) is 124 Å². The lowest BCUT2D eigenvalue weighted by atomic mass is 9.76. The third kappa shape index (κ3) is 9.87. The number of methoxy groups -OCH3 is 1. The predicted octanol–water partition coefficient (Wildman–Crippen LogP) is 9.01. The molecule has 11 heteroatoms. The molecule has 0 aliphatic heterocycles. The minimum Gasteiger partial charge on any atom is -0.493 e. The standard InChI is InChI=1S/C42H49N3O8/c1-8-40(3,4)30-20-25-36(35(28-30)41(5,6)9-2)52-26-14-19-37(46)43-32-18-13-15-29(27-32)38(47)42(51-7,39(48)44-31-16-11-10-12-17-31)53-34-23-21-33(22-24-34)45(49)50/h10-13,15-18,20-25,27-28H,8-9,14,19,26H2,1-7H3,(H,43,46)(H,44,48). The number of nitro groups is 1. The third-order valence-corrected chi connectivity index (χ3v) is 9.70. The van der Waals surface area contributed by atoms with Gasteiger partial charge in [-0.3, -0.25) is 24.5 Å². The maximum atomic E-state index is 14.2. The van der Waals surface area contributed by atoms with E-state index in [1.165, 1.54) is 42.0 Å². The molecule has 4 rings (SSSR count). The number of para-hydroxylation sites is 1. The molecule has 1 unspecified atom stereocenters. The summed E-state index contributed by atoms with van der Waals surface area (Å²) in [7, 11) is 1.15. The Morgan fingerprint density at radius 2 is 1.43 bits per heavy atom. The molecule has 4 aromatic rings. The normalized spacial score (nSPS) is 12.7. The minimum atomic E-state index is -2.54. The molecule has 2 amide bonds. The van der Waals surface area contributed by atoms with E-state index >= 15 is 0 Å². The van der Waals surface area contributed by atoms with Crippen LogP contribution in [0.2, 0.25) is 0 Å². The van der Waals surface area contributed by atoms with E-state index in [2.05, 4.69) is 64.3 Å². The highest BCUT2D eigenvalue weighted by molar-refractivity contribution is 6.19. The Labute approximate surface area is 311 Å². The molecule has 0 fully saturated rings. The van der Waals surface area contributed by atoms with Gasteiger partial charge >= 0.3 is 11.7 Å². The van der Waals surface area contributed by atoms with Gasteiger partial charge in [0.1, 0.15) is 11.5 Å². The van der Waals surface area contributed by atoms with Crippen molar-refractivity contribution >= 4 is 34.7 Å². The number of nitrogens with one attached hydrogen (secondary N) is 2. The Morgan fingerprint density at radius 1 is 0.774 bits per heavy atom. The summed E-state index contributed by atoms with van der Waals surface area (Å²) in [6.45, 7) is 13.6. The lowest BCUT2D eigenvalue weighted by molar-refractivity contribution is -0.384. The van der Waals surface area contributed by atoms with Crippen molar-refractivity contribution in [1.29, 1.82) is 0 Å². The lowest BCUT2D eigenvalue weighted by Crippen LogP contribution is -2.56. The van der Waals surface area contributed by atoms with Crippen LogP contribution >= 0.6 is 0 Å². The molecular weight excluding hydrogens is 674 g/mol. The summed E-state index contributed by atoms with van der Waals surface area (Å²) in [6, 6.07) is 25.8. The molecular formula is C42H49N3O8. The molecule has 280 valence electrons. The van der Waals surface area contributed by atoms with Crippen molar-refractivity contribution in [3.8, 4) is 11.5 Å². The molecule has 2 N–H and O–H groups in total. The molecule has 1 atom stereocenters. The summed E-state index contributed by atoms with van der Waals surface area (Å²) < 4.78 is 17.7. The summed E-state index contributed by atoms with van der Waals surface area (Å²) >= 11 is 0. The van der Waals surface area contributed by atoms with Crippen LogP contribution in [0.15, 0.2) is 97.1 Å². The van der Waals surface area contributed by atoms with Crippen molar-refractivity contribution in [2.45, 2.75) is 83.8 Å². The highest BCUT2D eigenvalue weighted by Gasteiger charge is 2.50. The van der Waals surface area contributed by atoms with Crippen LogP contribution in [0.3, 0.4) is 0 Å². The number of ketones is 1. The van der Waals surface area contributed by atoms with E-state index in [1.807, 2.05) is 6.07 Å². The number of non-ortho nitro benzene ring substituents is 1. The summed E-state index contributed by atoms with van der Waals surface area (Å²) in [5, 5.41) is 16.7. The first-order chi connectivity index (χ1) is 25.2. The van der Waals surface area contributed by atoms with Crippen LogP contribution in [-0.2, 0) is 25.2 Å². The van der Waals surface area contributed by atoms with Gasteiger partial charge in [-0.15, -0.1) is 0 Å². The first-order valence-electron chi connectivity index (χ1n) is 17.7. The number of hydrogen-bond acceptors (Lipinski definition) is 8. The molecule has 53 heavy (non-hydrogen) atoms. The third-order valence-electron chi connectivity index (χ3n) is 9.70. The second-order valence-corrected chi connectivity index (χ2v) is 14.1. The monoisotopic (exact) mass is 723 g/mol. The van der Waals surface area contributed by atoms with E-state index in [-0.39, 0.29) is 40.2 Å². The topological polar surface area (TPSA) is 146 Å². The zero-order chi connectivity index (χ0) is 38.8. The second kappa shape index (κ2) is 17.3. The van der Waals surface area contributed by atoms with Gasteiger partial charge in [0.2, 0.25) is 11.7 Å². The molecule has 0 heterocycles. The fourth-order valence-corrected chi connectivity index (χ4v) is 5.53. The molecule has 0 aliphatic carbocycles. The Morgan fingerprint density at radius 3 is 2.06 bits per heavy atom. The van der Waals surface area contributed by atoms with E-state index in [9.17, 15) is 24.5 Å². The van der Waals surface area contributed by atoms with E-state index in [0.29, 0.717) is 24.4 Å². The van der Waals surface area contributed by atoms with Gasteiger partial charge in [0, 0.05) is 48.2 Å². The summed E-state index contributed by atoms with van der Waals surface area (Å²) in [5.41, 5.74) is 2.87. The summed E-state index contributed by atoms with van der Waals surface area (Å²) in [6.07, 6.45) is 2.57. The molecule has 0 spiro atoms. The van der Waals surface area contributed by atoms with E-state index in [0.717, 1.165) is 31.3 Å². The van der Waals surface area contributed by atoms with Gasteiger partial charge in [-0.05, 0) is 78.1 Å². The van der Waals surface area contributed by atoms with Gasteiger partial charge in [0.15, 0.2) is 0 Å². The first kappa shape index (κ1) is 40.2. The van der Waals surface area contributed by atoms with Crippen molar-refractivity contribution in [1.82, 2.24) is 0 Å². The smallest absolute Gasteiger partial charge is 0.357 e. The molecule has 0 aliphatic rings. The number of anilines is 2. The van der Waals surface area contributed by atoms with E-state index in [1.54, 1.807) is 42.5 Å². The quantitative estimate of drug-likeness (QED) is 0.0258. The maximum absolute atomic E-state index is 14.2. The molecule has 0 radical (unpaired) electrons. The van der Waals surface area contributed by atoms with Crippen LogP contribution in [0, 0.1) is 10.1 Å². The van der Waals surface area contributed by atoms with E-state index in [4.69, 9.17) is 14.2 Å². The Hall–Kier alpha value is -5.55. The zero-order valence-electron chi connectivity index (χ0n) is 31.5. The average molecular weight is 724 g/mol. The Bertz CT molecular complexity index is 1910. The largest absolute Gasteiger partial charge is 0.493 e. The highest BCUT2D eigenvalue weighted by atomic mass is 16.7. The number of Topliss-reactive ketones (excluding diaryl/α,β-unsaturated/α-hetero) is 1. The van der Waals surface area contributed by atoms with Crippen LogP contribution in [0.5, 0.6) is 11.5 Å². The molecule has 11 nitrogen and oxygen atoms in total. The van der Waals surface area contributed by atoms with Gasteiger partial charge in [0.25, 0.3) is 5.69 Å². The van der Waals surface area contributed by atoms with Crippen LogP contribution in [0.25, 0.3) is 0 Å². The number of nitro benzene ring substituents is 1. The Balaban J connectivity index is 1.48. The molecule has 0 saturated heterocycles. The predicted molar refractivity (Wildman–Crippen MR) is 206 cm³/mol. The van der Waals surface area contributed by atoms with Gasteiger partial charge in [0.05, 0.1) is 11.5 Å². The average Bonchev–Trinajstić information content (AvgIpc) is 3.15. The number of nitrogens with zero attached hydrogens (tertiary/aromatic N) is 1.